The molecule has 0 atom stereocenters. The molecule has 0 amide bonds. The summed E-state index contributed by atoms with van der Waals surface area (Å²) in [6.45, 7) is 3.83. The molecule has 0 fully saturated rings. The molecule has 0 unspecified atom stereocenters. The first-order valence-corrected chi connectivity index (χ1v) is 5.33. The molecule has 2 aromatic rings. The van der Waals surface area contributed by atoms with E-state index in [1.54, 1.807) is 12.3 Å². The van der Waals surface area contributed by atoms with Crippen LogP contribution in [-0.2, 0) is 0 Å². The molecule has 0 saturated carbocycles. The van der Waals surface area contributed by atoms with Crippen molar-refractivity contribution in [2.24, 2.45) is 0 Å². The van der Waals surface area contributed by atoms with E-state index in [1.807, 2.05) is 13.8 Å². The second kappa shape index (κ2) is 4.22. The van der Waals surface area contributed by atoms with Crippen molar-refractivity contribution in [1.29, 1.82) is 0 Å². The Bertz CT molecular complexity index is 494. The van der Waals surface area contributed by atoms with Gasteiger partial charge in [0.25, 0.3) is 0 Å². The Morgan fingerprint density at radius 2 is 2.12 bits per heavy atom. The highest BCUT2D eigenvalue weighted by atomic mass is 35.5. The molecule has 3 nitrogen and oxygen atoms in total. The standard InChI is InChI=1S/C11H11ClFN3/c1-6(2)10-7(9-5-14-16-15-9)3-4-8(12)11(10)13/h3-6H,1-2H3,(H,14,15,16). The van der Waals surface area contributed by atoms with Crippen LogP contribution in [0.2, 0.25) is 5.02 Å². The molecule has 0 spiro atoms. The fourth-order valence-corrected chi connectivity index (χ4v) is 1.85. The van der Waals surface area contributed by atoms with Crippen LogP contribution in [0.3, 0.4) is 0 Å². The highest BCUT2D eigenvalue weighted by Crippen LogP contribution is 2.33. The average molecular weight is 240 g/mol. The Hall–Kier alpha value is -1.42. The van der Waals surface area contributed by atoms with Gasteiger partial charge in [0.15, 0.2) is 0 Å². The van der Waals surface area contributed by atoms with E-state index in [9.17, 15) is 4.39 Å². The van der Waals surface area contributed by atoms with Crippen LogP contribution < -0.4 is 0 Å². The second-order valence-corrected chi connectivity index (χ2v) is 4.24. The lowest BCUT2D eigenvalue weighted by molar-refractivity contribution is 0.599. The zero-order chi connectivity index (χ0) is 11.7. The van der Waals surface area contributed by atoms with Gasteiger partial charge in [-0.25, -0.2) is 4.39 Å². The summed E-state index contributed by atoms with van der Waals surface area (Å²) in [4.78, 5) is 0. The first-order valence-electron chi connectivity index (χ1n) is 4.95. The van der Waals surface area contributed by atoms with Gasteiger partial charge in [0, 0.05) is 11.1 Å². The van der Waals surface area contributed by atoms with Gasteiger partial charge in [-0.3, -0.25) is 0 Å². The van der Waals surface area contributed by atoms with Crippen molar-refractivity contribution in [1.82, 2.24) is 15.4 Å². The fourth-order valence-electron chi connectivity index (χ4n) is 1.69. The van der Waals surface area contributed by atoms with Crippen LogP contribution in [0.1, 0.15) is 25.3 Å². The van der Waals surface area contributed by atoms with E-state index >= 15 is 0 Å². The van der Waals surface area contributed by atoms with E-state index in [-0.39, 0.29) is 16.8 Å². The third-order valence-electron chi connectivity index (χ3n) is 2.40. The third-order valence-corrected chi connectivity index (χ3v) is 2.69. The largest absolute Gasteiger partial charge is 0.205 e. The number of benzene rings is 1. The molecule has 0 aliphatic carbocycles. The molecule has 84 valence electrons. The first-order chi connectivity index (χ1) is 7.61. The fraction of sp³-hybridized carbons (Fsp3) is 0.273. The SMILES string of the molecule is CC(C)c1c(-c2cn[nH]n2)ccc(Cl)c1F. The molecule has 0 aliphatic rings. The predicted molar refractivity (Wildman–Crippen MR) is 60.9 cm³/mol. The summed E-state index contributed by atoms with van der Waals surface area (Å²) in [5.41, 5.74) is 1.92. The Morgan fingerprint density at radius 3 is 2.69 bits per heavy atom. The first kappa shape index (κ1) is 11.1. The monoisotopic (exact) mass is 239 g/mol. The Labute approximate surface area is 97.6 Å². The minimum atomic E-state index is -0.378. The summed E-state index contributed by atoms with van der Waals surface area (Å²) in [7, 11) is 0. The van der Waals surface area contributed by atoms with E-state index in [0.717, 1.165) is 5.56 Å². The topological polar surface area (TPSA) is 41.6 Å². The van der Waals surface area contributed by atoms with Gasteiger partial charge in [0.05, 0.1) is 11.2 Å². The highest BCUT2D eigenvalue weighted by molar-refractivity contribution is 6.30. The summed E-state index contributed by atoms with van der Waals surface area (Å²) in [6, 6.07) is 3.30. The molecule has 0 saturated heterocycles. The summed E-state index contributed by atoms with van der Waals surface area (Å²) in [5, 5.41) is 10.3. The van der Waals surface area contributed by atoms with Crippen LogP contribution in [0.15, 0.2) is 18.3 Å². The zero-order valence-corrected chi connectivity index (χ0v) is 9.72. The quantitative estimate of drug-likeness (QED) is 0.873. The van der Waals surface area contributed by atoms with E-state index in [2.05, 4.69) is 15.4 Å². The van der Waals surface area contributed by atoms with Gasteiger partial charge in [-0.1, -0.05) is 31.5 Å². The number of H-pyrrole nitrogens is 1. The molecular formula is C11H11ClFN3. The molecule has 2 rings (SSSR count). The lowest BCUT2D eigenvalue weighted by atomic mass is 9.95. The van der Waals surface area contributed by atoms with Crippen molar-refractivity contribution >= 4 is 11.6 Å². The lowest BCUT2D eigenvalue weighted by Gasteiger charge is -2.12. The molecule has 1 aromatic carbocycles. The minimum Gasteiger partial charge on any atom is -0.205 e. The third kappa shape index (κ3) is 1.80. The van der Waals surface area contributed by atoms with Crippen LogP contribution >= 0.6 is 11.6 Å². The number of aromatic nitrogens is 3. The number of hydrogen-bond donors (Lipinski definition) is 1. The summed E-state index contributed by atoms with van der Waals surface area (Å²) < 4.78 is 13.9. The summed E-state index contributed by atoms with van der Waals surface area (Å²) in [6.07, 6.45) is 1.56. The van der Waals surface area contributed by atoms with E-state index in [1.165, 1.54) is 6.07 Å². The molecule has 0 bridgehead atoms. The van der Waals surface area contributed by atoms with Crippen molar-refractivity contribution in [2.45, 2.75) is 19.8 Å². The average Bonchev–Trinajstić information content (AvgIpc) is 2.74. The molecule has 0 aliphatic heterocycles. The molecule has 1 heterocycles. The number of aromatic amines is 1. The van der Waals surface area contributed by atoms with Crippen LogP contribution in [0, 0.1) is 5.82 Å². The van der Waals surface area contributed by atoms with Crippen molar-refractivity contribution in [2.75, 3.05) is 0 Å². The van der Waals surface area contributed by atoms with Crippen LogP contribution in [0.4, 0.5) is 4.39 Å². The predicted octanol–water partition coefficient (Wildman–Crippen LogP) is 3.39. The molecular weight excluding hydrogens is 229 g/mol. The number of rotatable bonds is 2. The minimum absolute atomic E-state index is 0.0328. The van der Waals surface area contributed by atoms with Crippen molar-refractivity contribution < 1.29 is 4.39 Å². The van der Waals surface area contributed by atoms with Gasteiger partial charge < -0.3 is 0 Å². The molecule has 1 N–H and O–H groups in total. The highest BCUT2D eigenvalue weighted by Gasteiger charge is 2.17. The summed E-state index contributed by atoms with van der Waals surface area (Å²) >= 11 is 5.77. The normalized spacial score (nSPS) is 11.1. The molecule has 0 radical (unpaired) electrons. The summed E-state index contributed by atoms with van der Waals surface area (Å²) in [5.74, 6) is -0.345. The van der Waals surface area contributed by atoms with Crippen LogP contribution in [0.25, 0.3) is 11.3 Å². The van der Waals surface area contributed by atoms with E-state index in [4.69, 9.17) is 11.6 Å². The van der Waals surface area contributed by atoms with Crippen LogP contribution in [-0.4, -0.2) is 15.4 Å². The smallest absolute Gasteiger partial charge is 0.145 e. The maximum atomic E-state index is 13.9. The van der Waals surface area contributed by atoms with Gasteiger partial charge in [-0.15, -0.1) is 0 Å². The van der Waals surface area contributed by atoms with Gasteiger partial charge in [-0.2, -0.15) is 15.4 Å². The van der Waals surface area contributed by atoms with Gasteiger partial charge >= 0.3 is 0 Å². The Kier molecular flexibility index (Phi) is 2.92. The van der Waals surface area contributed by atoms with Gasteiger partial charge in [0.1, 0.15) is 11.5 Å². The maximum Gasteiger partial charge on any atom is 0.145 e. The van der Waals surface area contributed by atoms with E-state index in [0.29, 0.717) is 11.3 Å². The molecule has 5 heteroatoms. The van der Waals surface area contributed by atoms with Crippen molar-refractivity contribution in [3.8, 4) is 11.3 Å². The second-order valence-electron chi connectivity index (χ2n) is 3.83. The number of halogens is 2. The Balaban J connectivity index is 2.66. The van der Waals surface area contributed by atoms with Gasteiger partial charge in [0.2, 0.25) is 0 Å². The zero-order valence-electron chi connectivity index (χ0n) is 8.96. The number of nitrogens with one attached hydrogen (secondary N) is 1. The van der Waals surface area contributed by atoms with Crippen molar-refractivity contribution in [3.05, 3.63) is 34.7 Å². The maximum absolute atomic E-state index is 13.9. The number of hydrogen-bond acceptors (Lipinski definition) is 2. The molecule has 16 heavy (non-hydrogen) atoms. The Morgan fingerprint density at radius 1 is 1.38 bits per heavy atom. The molecule has 1 aromatic heterocycles. The van der Waals surface area contributed by atoms with Crippen LogP contribution in [0.5, 0.6) is 0 Å². The lowest BCUT2D eigenvalue weighted by Crippen LogP contribution is -1.98. The number of nitrogens with zero attached hydrogens (tertiary/aromatic N) is 2. The van der Waals surface area contributed by atoms with Gasteiger partial charge in [-0.05, 0) is 12.0 Å². The van der Waals surface area contributed by atoms with E-state index < -0.39 is 0 Å². The van der Waals surface area contributed by atoms with Crippen molar-refractivity contribution in [3.63, 3.8) is 0 Å².